The highest BCUT2D eigenvalue weighted by atomic mass is 16.1. The van der Waals surface area contributed by atoms with Crippen molar-refractivity contribution in [3.63, 3.8) is 0 Å². The molecule has 0 saturated carbocycles. The van der Waals surface area contributed by atoms with Gasteiger partial charge in [-0.2, -0.15) is 0 Å². The van der Waals surface area contributed by atoms with Gasteiger partial charge < -0.3 is 10.6 Å². The summed E-state index contributed by atoms with van der Waals surface area (Å²) in [5.41, 5.74) is 2.07. The molecule has 74 valence electrons. The molecule has 0 fully saturated rings. The predicted molar refractivity (Wildman–Crippen MR) is 52.2 cm³/mol. The summed E-state index contributed by atoms with van der Waals surface area (Å²) in [6, 6.07) is 7.66. The zero-order chi connectivity index (χ0) is 10.2. The lowest BCUT2D eigenvalue weighted by Gasteiger charge is -2.02. The van der Waals surface area contributed by atoms with Gasteiger partial charge in [-0.15, -0.1) is 0 Å². The zero-order valence-corrected chi connectivity index (χ0v) is 7.69. The lowest BCUT2D eigenvalue weighted by atomic mass is 10.1. The van der Waals surface area contributed by atoms with E-state index in [9.17, 15) is 9.59 Å². The molecule has 0 unspecified atom stereocenters. The summed E-state index contributed by atoms with van der Waals surface area (Å²) in [6.45, 7) is 1.07. The number of hydrogen-bond donors (Lipinski definition) is 2. The molecule has 14 heavy (non-hydrogen) atoms. The molecule has 2 amide bonds. The van der Waals surface area contributed by atoms with Crippen molar-refractivity contribution in [3.05, 3.63) is 35.4 Å². The van der Waals surface area contributed by atoms with E-state index in [0.29, 0.717) is 25.9 Å². The third kappa shape index (κ3) is 3.26. The fourth-order valence-corrected chi connectivity index (χ4v) is 1.09. The van der Waals surface area contributed by atoms with E-state index in [2.05, 4.69) is 10.6 Å². The van der Waals surface area contributed by atoms with Crippen LogP contribution in [0.15, 0.2) is 24.3 Å². The second-order valence-corrected chi connectivity index (χ2v) is 2.81. The van der Waals surface area contributed by atoms with Crippen LogP contribution in [0.4, 0.5) is 0 Å². The van der Waals surface area contributed by atoms with Gasteiger partial charge in [0.1, 0.15) is 0 Å². The first-order chi connectivity index (χ1) is 6.86. The van der Waals surface area contributed by atoms with Crippen LogP contribution in [-0.2, 0) is 22.7 Å². The van der Waals surface area contributed by atoms with Gasteiger partial charge in [0.15, 0.2) is 0 Å². The van der Waals surface area contributed by atoms with Gasteiger partial charge in [0, 0.05) is 13.1 Å². The molecule has 4 heteroatoms. The molecule has 0 heterocycles. The molecule has 0 bridgehead atoms. The average molecular weight is 192 g/mol. The lowest BCUT2D eigenvalue weighted by molar-refractivity contribution is -0.110. The summed E-state index contributed by atoms with van der Waals surface area (Å²) >= 11 is 0. The highest BCUT2D eigenvalue weighted by Gasteiger charge is 1.93. The van der Waals surface area contributed by atoms with Crippen molar-refractivity contribution in [3.8, 4) is 0 Å². The van der Waals surface area contributed by atoms with Crippen LogP contribution in [-0.4, -0.2) is 12.8 Å². The standard InChI is InChI=1S/C10H12N2O2/c13-7-11-5-9-1-2-10(4-3-9)6-12-8-14/h1-4,7-8H,5-6H2,(H,11,13)(H,12,14). The van der Waals surface area contributed by atoms with E-state index >= 15 is 0 Å². The Morgan fingerprint density at radius 1 is 0.857 bits per heavy atom. The molecule has 2 N–H and O–H groups in total. The SMILES string of the molecule is O=CNCc1ccc(CNC=O)cc1. The summed E-state index contributed by atoms with van der Waals surface area (Å²) in [4.78, 5) is 20.1. The van der Waals surface area contributed by atoms with Gasteiger partial charge in [-0.25, -0.2) is 0 Å². The number of rotatable bonds is 6. The molecule has 0 aliphatic heterocycles. The van der Waals surface area contributed by atoms with E-state index in [1.807, 2.05) is 24.3 Å². The maximum atomic E-state index is 10.0. The Morgan fingerprint density at radius 3 is 1.50 bits per heavy atom. The van der Waals surface area contributed by atoms with Crippen LogP contribution in [0.2, 0.25) is 0 Å². The second kappa shape index (κ2) is 5.75. The quantitative estimate of drug-likeness (QED) is 0.632. The monoisotopic (exact) mass is 192 g/mol. The number of carbonyl (C=O) groups is 2. The lowest BCUT2D eigenvalue weighted by Crippen LogP contribution is -2.11. The molecular weight excluding hydrogens is 180 g/mol. The van der Waals surface area contributed by atoms with Gasteiger partial charge in [-0.05, 0) is 11.1 Å². The maximum absolute atomic E-state index is 10.0. The Balaban J connectivity index is 2.49. The van der Waals surface area contributed by atoms with Crippen molar-refractivity contribution < 1.29 is 9.59 Å². The van der Waals surface area contributed by atoms with Crippen molar-refractivity contribution in [1.82, 2.24) is 10.6 Å². The Hall–Kier alpha value is -1.84. The molecule has 4 nitrogen and oxygen atoms in total. The molecule has 0 aliphatic carbocycles. The molecule has 0 aliphatic rings. The van der Waals surface area contributed by atoms with Gasteiger partial charge in [-0.1, -0.05) is 24.3 Å². The zero-order valence-electron chi connectivity index (χ0n) is 7.69. The molecule has 0 atom stereocenters. The van der Waals surface area contributed by atoms with Crippen LogP contribution in [0.5, 0.6) is 0 Å². The number of benzene rings is 1. The molecule has 0 saturated heterocycles. The van der Waals surface area contributed by atoms with Crippen molar-refractivity contribution in [1.29, 1.82) is 0 Å². The van der Waals surface area contributed by atoms with Gasteiger partial charge in [0.2, 0.25) is 12.8 Å². The van der Waals surface area contributed by atoms with E-state index in [1.54, 1.807) is 0 Å². The predicted octanol–water partition coefficient (Wildman–Crippen LogP) is 0.179. The van der Waals surface area contributed by atoms with Gasteiger partial charge >= 0.3 is 0 Å². The summed E-state index contributed by atoms with van der Waals surface area (Å²) in [5, 5.41) is 5.15. The highest BCUT2D eigenvalue weighted by Crippen LogP contribution is 2.03. The third-order valence-electron chi connectivity index (χ3n) is 1.80. The molecule has 0 aromatic heterocycles. The van der Waals surface area contributed by atoms with Crippen molar-refractivity contribution in [2.75, 3.05) is 0 Å². The van der Waals surface area contributed by atoms with Crippen molar-refractivity contribution >= 4 is 12.8 Å². The minimum atomic E-state index is 0.533. The highest BCUT2D eigenvalue weighted by molar-refractivity contribution is 5.47. The molecule has 0 spiro atoms. The third-order valence-corrected chi connectivity index (χ3v) is 1.80. The maximum Gasteiger partial charge on any atom is 0.207 e. The largest absolute Gasteiger partial charge is 0.355 e. The molecule has 0 radical (unpaired) electrons. The van der Waals surface area contributed by atoms with Crippen molar-refractivity contribution in [2.45, 2.75) is 13.1 Å². The minimum Gasteiger partial charge on any atom is -0.355 e. The van der Waals surface area contributed by atoms with E-state index in [4.69, 9.17) is 0 Å². The molecule has 1 rings (SSSR count). The second-order valence-electron chi connectivity index (χ2n) is 2.81. The average Bonchev–Trinajstić information content (AvgIpc) is 2.25. The minimum absolute atomic E-state index is 0.533. The fraction of sp³-hybridized carbons (Fsp3) is 0.200. The van der Waals surface area contributed by atoms with Crippen LogP contribution in [0.3, 0.4) is 0 Å². The number of amides is 2. The first-order valence-electron chi connectivity index (χ1n) is 4.28. The van der Waals surface area contributed by atoms with E-state index in [1.165, 1.54) is 0 Å². The first-order valence-corrected chi connectivity index (χ1v) is 4.28. The Kier molecular flexibility index (Phi) is 4.20. The van der Waals surface area contributed by atoms with E-state index in [0.717, 1.165) is 11.1 Å². The summed E-state index contributed by atoms with van der Waals surface area (Å²) in [7, 11) is 0. The Morgan fingerprint density at radius 2 is 1.21 bits per heavy atom. The molecular formula is C10H12N2O2. The van der Waals surface area contributed by atoms with Gasteiger partial charge in [-0.3, -0.25) is 9.59 Å². The van der Waals surface area contributed by atoms with Gasteiger partial charge in [0.25, 0.3) is 0 Å². The van der Waals surface area contributed by atoms with Crippen LogP contribution >= 0.6 is 0 Å². The number of nitrogens with one attached hydrogen (secondary N) is 2. The normalized spacial score (nSPS) is 9.14. The number of hydrogen-bond acceptors (Lipinski definition) is 2. The van der Waals surface area contributed by atoms with E-state index in [-0.39, 0.29) is 0 Å². The summed E-state index contributed by atoms with van der Waals surface area (Å²) in [5.74, 6) is 0. The molecule has 1 aromatic rings. The van der Waals surface area contributed by atoms with E-state index < -0.39 is 0 Å². The Bertz CT molecular complexity index is 264. The number of carbonyl (C=O) groups excluding carboxylic acids is 2. The van der Waals surface area contributed by atoms with Crippen LogP contribution < -0.4 is 10.6 Å². The van der Waals surface area contributed by atoms with Crippen molar-refractivity contribution in [2.24, 2.45) is 0 Å². The molecule has 1 aromatic carbocycles. The first kappa shape index (κ1) is 10.2. The van der Waals surface area contributed by atoms with Crippen LogP contribution in [0.25, 0.3) is 0 Å². The fourth-order valence-electron chi connectivity index (χ4n) is 1.09. The van der Waals surface area contributed by atoms with Crippen LogP contribution in [0.1, 0.15) is 11.1 Å². The summed E-state index contributed by atoms with van der Waals surface area (Å²) < 4.78 is 0. The van der Waals surface area contributed by atoms with Crippen LogP contribution in [0, 0.1) is 0 Å². The Labute approximate surface area is 82.3 Å². The smallest absolute Gasteiger partial charge is 0.207 e. The topological polar surface area (TPSA) is 58.2 Å². The summed E-state index contributed by atoms with van der Waals surface area (Å²) in [6.07, 6.45) is 1.34. The van der Waals surface area contributed by atoms with Gasteiger partial charge in [0.05, 0.1) is 0 Å².